The molecule has 2 heterocycles. The van der Waals surface area contributed by atoms with Crippen molar-refractivity contribution < 1.29 is 4.79 Å². The predicted octanol–water partition coefficient (Wildman–Crippen LogP) is 3.17. The number of likely N-dealkylation sites (N-methyl/N-ethyl adjacent to an activating group) is 1. The molecule has 1 aromatic heterocycles. The van der Waals surface area contributed by atoms with E-state index < -0.39 is 0 Å². The third-order valence-electron chi connectivity index (χ3n) is 3.43. The Morgan fingerprint density at radius 2 is 2.10 bits per heavy atom. The Labute approximate surface area is 142 Å². The lowest BCUT2D eigenvalue weighted by Gasteiger charge is -2.32. The van der Waals surface area contributed by atoms with Gasteiger partial charge in [-0.1, -0.05) is 0 Å². The molecule has 0 fully saturated rings. The van der Waals surface area contributed by atoms with Crippen molar-refractivity contribution in [3.8, 4) is 0 Å². The zero-order valence-corrected chi connectivity index (χ0v) is 15.4. The first-order valence-electron chi connectivity index (χ1n) is 6.80. The lowest BCUT2D eigenvalue weighted by atomic mass is 10.00. The van der Waals surface area contributed by atoms with Gasteiger partial charge in [-0.15, -0.1) is 11.3 Å². The van der Waals surface area contributed by atoms with Gasteiger partial charge >= 0.3 is 0 Å². The molecule has 0 bridgehead atoms. The van der Waals surface area contributed by atoms with Crippen LogP contribution >= 0.6 is 39.5 Å². The summed E-state index contributed by atoms with van der Waals surface area (Å²) in [5.74, 6) is 0.0505. The molecular formula is C14H18BrN3OS2. The fraction of sp³-hybridized carbons (Fsp3) is 0.429. The summed E-state index contributed by atoms with van der Waals surface area (Å²) in [6.45, 7) is 7.26. The molecule has 2 N–H and O–H groups in total. The maximum atomic E-state index is 12.8. The molecule has 0 aliphatic carbocycles. The van der Waals surface area contributed by atoms with Crippen LogP contribution in [0.1, 0.15) is 31.7 Å². The summed E-state index contributed by atoms with van der Waals surface area (Å²) >= 11 is 10.3. The largest absolute Gasteiger partial charge is 0.350 e. The van der Waals surface area contributed by atoms with Gasteiger partial charge < -0.3 is 15.5 Å². The molecule has 114 valence electrons. The molecule has 1 aliphatic rings. The molecule has 1 atom stereocenters. The van der Waals surface area contributed by atoms with Gasteiger partial charge in [-0.3, -0.25) is 4.79 Å². The Bertz CT molecular complexity index is 593. The molecule has 0 saturated carbocycles. The number of rotatable bonds is 4. The summed E-state index contributed by atoms with van der Waals surface area (Å²) in [5.41, 5.74) is 1.56. The summed E-state index contributed by atoms with van der Waals surface area (Å²) in [4.78, 5) is 15.7. The second-order valence-corrected chi connectivity index (χ2v) is 7.59. The number of amides is 1. The maximum Gasteiger partial charge on any atom is 0.253 e. The minimum atomic E-state index is -0.192. The molecule has 1 amide bonds. The smallest absolute Gasteiger partial charge is 0.253 e. The number of nitrogens with one attached hydrogen (secondary N) is 2. The van der Waals surface area contributed by atoms with Crippen molar-refractivity contribution >= 4 is 50.5 Å². The number of thiocarbonyl (C=S) groups is 1. The van der Waals surface area contributed by atoms with E-state index in [9.17, 15) is 4.79 Å². The quantitative estimate of drug-likeness (QED) is 0.778. The van der Waals surface area contributed by atoms with Crippen molar-refractivity contribution in [2.75, 3.05) is 13.1 Å². The van der Waals surface area contributed by atoms with Gasteiger partial charge in [0.15, 0.2) is 5.11 Å². The predicted molar refractivity (Wildman–Crippen MR) is 94.3 cm³/mol. The van der Waals surface area contributed by atoms with E-state index in [0.29, 0.717) is 18.2 Å². The average Bonchev–Trinajstić information content (AvgIpc) is 2.85. The summed E-state index contributed by atoms with van der Waals surface area (Å²) in [6.07, 6.45) is 0. The standard InChI is InChI=1S/C14H18BrN3OS2/c1-4-18(5-2)13(19)11-8(3)16-14(20)17-12(11)9-6-7-10(15)21-9/h6-7,12H,4-5H2,1-3H3,(H2,16,17,20)/t12-/m0/s1. The first-order valence-corrected chi connectivity index (χ1v) is 8.82. The fourth-order valence-corrected chi connectivity index (χ4v) is 4.11. The van der Waals surface area contributed by atoms with E-state index in [-0.39, 0.29) is 11.9 Å². The summed E-state index contributed by atoms with van der Waals surface area (Å²) < 4.78 is 1.04. The van der Waals surface area contributed by atoms with Crippen LogP contribution in [0.25, 0.3) is 0 Å². The molecule has 0 radical (unpaired) electrons. The third kappa shape index (κ3) is 3.46. The number of thiophene rings is 1. The second-order valence-electron chi connectivity index (χ2n) is 4.69. The van der Waals surface area contributed by atoms with E-state index in [4.69, 9.17) is 12.2 Å². The van der Waals surface area contributed by atoms with Crippen LogP contribution in [0.3, 0.4) is 0 Å². The molecule has 1 aromatic rings. The number of halogens is 1. The van der Waals surface area contributed by atoms with Gasteiger partial charge in [-0.25, -0.2) is 0 Å². The van der Waals surface area contributed by atoms with Gasteiger partial charge in [-0.05, 0) is 61.1 Å². The highest BCUT2D eigenvalue weighted by atomic mass is 79.9. The zero-order chi connectivity index (χ0) is 15.6. The topological polar surface area (TPSA) is 44.4 Å². The number of hydrogen-bond acceptors (Lipinski definition) is 3. The van der Waals surface area contributed by atoms with E-state index in [1.807, 2.05) is 37.8 Å². The molecule has 7 heteroatoms. The van der Waals surface area contributed by atoms with E-state index in [1.165, 1.54) is 0 Å². The van der Waals surface area contributed by atoms with E-state index in [2.05, 4.69) is 26.6 Å². The second kappa shape index (κ2) is 6.89. The normalized spacial score (nSPS) is 18.3. The zero-order valence-electron chi connectivity index (χ0n) is 12.2. The van der Waals surface area contributed by atoms with Crippen molar-refractivity contribution in [2.24, 2.45) is 0 Å². The molecule has 0 saturated heterocycles. The molecule has 0 unspecified atom stereocenters. The Morgan fingerprint density at radius 1 is 1.43 bits per heavy atom. The van der Waals surface area contributed by atoms with E-state index in [1.54, 1.807) is 11.3 Å². The molecule has 21 heavy (non-hydrogen) atoms. The molecule has 0 aromatic carbocycles. The lowest BCUT2D eigenvalue weighted by Crippen LogP contribution is -2.47. The van der Waals surface area contributed by atoms with Crippen molar-refractivity contribution in [3.63, 3.8) is 0 Å². The Kier molecular flexibility index (Phi) is 5.40. The van der Waals surface area contributed by atoms with Crippen LogP contribution in [-0.4, -0.2) is 29.0 Å². The Morgan fingerprint density at radius 3 is 2.62 bits per heavy atom. The first kappa shape index (κ1) is 16.5. The SMILES string of the molecule is CCN(CC)C(=O)C1=C(C)NC(=S)N[C@H]1c1ccc(Br)s1. The van der Waals surface area contributed by atoms with Gasteiger partial charge in [-0.2, -0.15) is 0 Å². The maximum absolute atomic E-state index is 12.8. The molecule has 1 aliphatic heterocycles. The van der Waals surface area contributed by atoms with E-state index >= 15 is 0 Å². The fourth-order valence-electron chi connectivity index (χ4n) is 2.36. The number of hydrogen-bond donors (Lipinski definition) is 2. The monoisotopic (exact) mass is 387 g/mol. The van der Waals surface area contributed by atoms with Gasteiger partial charge in [0, 0.05) is 23.7 Å². The van der Waals surface area contributed by atoms with Crippen LogP contribution in [-0.2, 0) is 4.79 Å². The minimum absolute atomic E-state index is 0.0505. The molecule has 0 spiro atoms. The number of allylic oxidation sites excluding steroid dienone is 1. The van der Waals surface area contributed by atoms with Crippen LogP contribution < -0.4 is 10.6 Å². The van der Waals surface area contributed by atoms with Crippen LogP contribution in [0.2, 0.25) is 0 Å². The summed E-state index contributed by atoms with van der Waals surface area (Å²) in [5, 5.41) is 6.83. The van der Waals surface area contributed by atoms with Crippen LogP contribution in [0.15, 0.2) is 27.2 Å². The van der Waals surface area contributed by atoms with Crippen molar-refractivity contribution in [3.05, 3.63) is 32.1 Å². The Balaban J connectivity index is 2.43. The van der Waals surface area contributed by atoms with Gasteiger partial charge in [0.05, 0.1) is 15.4 Å². The molecule has 2 rings (SSSR count). The van der Waals surface area contributed by atoms with Crippen molar-refractivity contribution in [1.29, 1.82) is 0 Å². The highest BCUT2D eigenvalue weighted by molar-refractivity contribution is 9.11. The van der Waals surface area contributed by atoms with Crippen LogP contribution in [0.5, 0.6) is 0 Å². The minimum Gasteiger partial charge on any atom is -0.350 e. The van der Waals surface area contributed by atoms with Crippen molar-refractivity contribution in [2.45, 2.75) is 26.8 Å². The molecular weight excluding hydrogens is 370 g/mol. The van der Waals surface area contributed by atoms with Gasteiger partial charge in [0.25, 0.3) is 5.91 Å². The highest BCUT2D eigenvalue weighted by Crippen LogP contribution is 2.34. The van der Waals surface area contributed by atoms with E-state index in [0.717, 1.165) is 19.9 Å². The van der Waals surface area contributed by atoms with Crippen LogP contribution in [0.4, 0.5) is 0 Å². The summed E-state index contributed by atoms with van der Waals surface area (Å²) in [6, 6.07) is 3.81. The first-order chi connectivity index (χ1) is 9.97. The van der Waals surface area contributed by atoms with Crippen LogP contribution in [0, 0.1) is 0 Å². The number of carbonyl (C=O) groups excluding carboxylic acids is 1. The lowest BCUT2D eigenvalue weighted by molar-refractivity contribution is -0.127. The third-order valence-corrected chi connectivity index (χ3v) is 5.34. The van der Waals surface area contributed by atoms with Crippen molar-refractivity contribution in [1.82, 2.24) is 15.5 Å². The number of nitrogens with zero attached hydrogens (tertiary/aromatic N) is 1. The number of carbonyl (C=O) groups is 1. The van der Waals surface area contributed by atoms with Gasteiger partial charge in [0.1, 0.15) is 0 Å². The van der Waals surface area contributed by atoms with Gasteiger partial charge in [0.2, 0.25) is 0 Å². The molecule has 4 nitrogen and oxygen atoms in total. The average molecular weight is 388 g/mol. The summed E-state index contributed by atoms with van der Waals surface area (Å²) in [7, 11) is 0. The Hall–Kier alpha value is -0.920. The highest BCUT2D eigenvalue weighted by Gasteiger charge is 2.32.